The third-order valence-electron chi connectivity index (χ3n) is 4.61. The fourth-order valence-electron chi connectivity index (χ4n) is 3.24. The Labute approximate surface area is 116 Å². The van der Waals surface area contributed by atoms with Crippen molar-refractivity contribution in [2.45, 2.75) is 53.2 Å². The quantitative estimate of drug-likeness (QED) is 0.831. The first-order valence-corrected chi connectivity index (χ1v) is 7.15. The number of carbonyl (C=O) groups excluding carboxylic acids is 1. The summed E-state index contributed by atoms with van der Waals surface area (Å²) in [5.74, 6) is 0.669. The van der Waals surface area contributed by atoms with Gasteiger partial charge in [-0.05, 0) is 50.3 Å². The van der Waals surface area contributed by atoms with Gasteiger partial charge in [-0.25, -0.2) is 0 Å². The minimum Gasteiger partial charge on any atom is -0.375 e. The normalized spacial score (nSPS) is 30.6. The zero-order valence-electron chi connectivity index (χ0n) is 12.6. The molecule has 0 N–H and O–H groups in total. The topological polar surface area (TPSA) is 26.3 Å². The van der Waals surface area contributed by atoms with Gasteiger partial charge >= 0.3 is 0 Å². The molecule has 0 radical (unpaired) electrons. The summed E-state index contributed by atoms with van der Waals surface area (Å²) in [5, 5.41) is 0. The highest BCUT2D eigenvalue weighted by Gasteiger charge is 2.41. The number of ketones is 1. The smallest absolute Gasteiger partial charge is 0.143 e. The number of carbonyl (C=O) groups is 1. The summed E-state index contributed by atoms with van der Waals surface area (Å²) in [7, 11) is 0. The van der Waals surface area contributed by atoms with Gasteiger partial charge in [0.2, 0.25) is 0 Å². The van der Waals surface area contributed by atoms with E-state index in [0.717, 1.165) is 0 Å². The standard InChI is InChI=1S/C17H24O2/c1-10-7-6-8-11(2)15(10)9-16(18)17-12(3)13(4)19-14(17)5/h6-8,12-14,17H,9H2,1-5H3. The second kappa shape index (κ2) is 5.46. The first-order chi connectivity index (χ1) is 8.91. The molecule has 0 saturated carbocycles. The van der Waals surface area contributed by atoms with E-state index in [2.05, 4.69) is 39.8 Å². The highest BCUT2D eigenvalue weighted by atomic mass is 16.5. The Kier molecular flexibility index (Phi) is 4.10. The molecule has 0 aromatic heterocycles. The van der Waals surface area contributed by atoms with Gasteiger partial charge in [-0.15, -0.1) is 0 Å². The van der Waals surface area contributed by atoms with Crippen molar-refractivity contribution in [2.75, 3.05) is 0 Å². The highest BCUT2D eigenvalue weighted by molar-refractivity contribution is 5.85. The van der Waals surface area contributed by atoms with Crippen molar-refractivity contribution in [3.8, 4) is 0 Å². The molecular formula is C17H24O2. The molecule has 0 amide bonds. The Balaban J connectivity index is 2.18. The van der Waals surface area contributed by atoms with Gasteiger partial charge in [-0.3, -0.25) is 4.79 Å². The van der Waals surface area contributed by atoms with E-state index in [1.165, 1.54) is 16.7 Å². The molecule has 19 heavy (non-hydrogen) atoms. The first-order valence-electron chi connectivity index (χ1n) is 7.15. The number of benzene rings is 1. The lowest BCUT2D eigenvalue weighted by atomic mass is 9.83. The summed E-state index contributed by atoms with van der Waals surface area (Å²) >= 11 is 0. The molecule has 0 aliphatic carbocycles. The minimum absolute atomic E-state index is 0.0361. The molecule has 1 heterocycles. The molecule has 1 fully saturated rings. The molecule has 2 rings (SSSR count). The van der Waals surface area contributed by atoms with Crippen molar-refractivity contribution < 1.29 is 9.53 Å². The van der Waals surface area contributed by atoms with E-state index in [4.69, 9.17) is 4.74 Å². The monoisotopic (exact) mass is 260 g/mol. The molecule has 0 spiro atoms. The lowest BCUT2D eigenvalue weighted by Gasteiger charge is -2.18. The zero-order valence-corrected chi connectivity index (χ0v) is 12.6. The Morgan fingerprint density at radius 1 is 1.11 bits per heavy atom. The maximum Gasteiger partial charge on any atom is 0.143 e. The van der Waals surface area contributed by atoms with Gasteiger partial charge in [0.25, 0.3) is 0 Å². The number of aryl methyl sites for hydroxylation is 2. The van der Waals surface area contributed by atoms with Gasteiger partial charge < -0.3 is 4.74 Å². The molecule has 2 heteroatoms. The third kappa shape index (κ3) is 2.74. The molecule has 4 atom stereocenters. The van der Waals surface area contributed by atoms with Crippen LogP contribution in [0.2, 0.25) is 0 Å². The van der Waals surface area contributed by atoms with Crippen LogP contribution in [-0.4, -0.2) is 18.0 Å². The molecule has 2 nitrogen and oxygen atoms in total. The molecule has 0 bridgehead atoms. The van der Waals surface area contributed by atoms with Crippen molar-refractivity contribution in [1.29, 1.82) is 0 Å². The van der Waals surface area contributed by atoms with Gasteiger partial charge in [0.15, 0.2) is 0 Å². The van der Waals surface area contributed by atoms with Crippen molar-refractivity contribution >= 4 is 5.78 Å². The van der Waals surface area contributed by atoms with E-state index in [9.17, 15) is 4.79 Å². The molecule has 4 unspecified atom stereocenters. The van der Waals surface area contributed by atoms with Crippen LogP contribution in [0.1, 0.15) is 37.5 Å². The number of hydrogen-bond donors (Lipinski definition) is 0. The predicted octanol–water partition coefficient (Wildman–Crippen LogP) is 3.47. The number of Topliss-reactive ketones (excluding diaryl/α,β-unsaturated/α-hetero) is 1. The van der Waals surface area contributed by atoms with E-state index >= 15 is 0 Å². The van der Waals surface area contributed by atoms with Crippen LogP contribution >= 0.6 is 0 Å². The molecule has 1 saturated heterocycles. The second-order valence-corrected chi connectivity index (χ2v) is 5.94. The minimum atomic E-state index is 0.0361. The van der Waals surface area contributed by atoms with E-state index in [-0.39, 0.29) is 18.1 Å². The summed E-state index contributed by atoms with van der Waals surface area (Å²) in [6.07, 6.45) is 0.761. The van der Waals surface area contributed by atoms with Crippen LogP contribution in [0.5, 0.6) is 0 Å². The predicted molar refractivity (Wildman–Crippen MR) is 77.3 cm³/mol. The Morgan fingerprint density at radius 2 is 1.68 bits per heavy atom. The van der Waals surface area contributed by atoms with E-state index in [1.807, 2.05) is 13.0 Å². The Morgan fingerprint density at radius 3 is 2.16 bits per heavy atom. The highest BCUT2D eigenvalue weighted by Crippen LogP contribution is 2.33. The summed E-state index contributed by atoms with van der Waals surface area (Å²) in [5.41, 5.74) is 3.60. The van der Waals surface area contributed by atoms with Crippen LogP contribution in [-0.2, 0) is 16.0 Å². The van der Waals surface area contributed by atoms with Crippen molar-refractivity contribution in [3.63, 3.8) is 0 Å². The molecular weight excluding hydrogens is 236 g/mol. The van der Waals surface area contributed by atoms with E-state index in [0.29, 0.717) is 18.1 Å². The van der Waals surface area contributed by atoms with Crippen LogP contribution in [0, 0.1) is 25.7 Å². The number of hydrogen-bond acceptors (Lipinski definition) is 2. The summed E-state index contributed by atoms with van der Waals surface area (Å²) in [6.45, 7) is 10.4. The molecule has 1 aromatic carbocycles. The summed E-state index contributed by atoms with van der Waals surface area (Å²) < 4.78 is 5.78. The summed E-state index contributed by atoms with van der Waals surface area (Å²) in [6, 6.07) is 6.21. The fraction of sp³-hybridized carbons (Fsp3) is 0.588. The number of ether oxygens (including phenoxy) is 1. The van der Waals surface area contributed by atoms with Crippen molar-refractivity contribution in [2.24, 2.45) is 11.8 Å². The SMILES string of the molecule is Cc1cccc(C)c1CC(=O)C1C(C)OC(C)C1C. The molecule has 1 aliphatic heterocycles. The maximum atomic E-state index is 12.6. The molecule has 1 aliphatic rings. The van der Waals surface area contributed by atoms with Gasteiger partial charge in [-0.1, -0.05) is 25.1 Å². The fourth-order valence-corrected chi connectivity index (χ4v) is 3.24. The average molecular weight is 260 g/mol. The molecule has 1 aromatic rings. The second-order valence-electron chi connectivity index (χ2n) is 5.94. The summed E-state index contributed by atoms with van der Waals surface area (Å²) in [4.78, 5) is 12.6. The van der Waals surface area contributed by atoms with Gasteiger partial charge in [0.1, 0.15) is 5.78 Å². The average Bonchev–Trinajstić information content (AvgIpc) is 2.58. The lowest BCUT2D eigenvalue weighted by molar-refractivity contribution is -0.124. The van der Waals surface area contributed by atoms with Crippen LogP contribution in [0.15, 0.2) is 18.2 Å². The number of rotatable bonds is 3. The Hall–Kier alpha value is -1.15. The van der Waals surface area contributed by atoms with E-state index in [1.54, 1.807) is 0 Å². The third-order valence-corrected chi connectivity index (χ3v) is 4.61. The van der Waals surface area contributed by atoms with Crippen LogP contribution in [0.4, 0.5) is 0 Å². The van der Waals surface area contributed by atoms with Crippen molar-refractivity contribution in [3.05, 3.63) is 34.9 Å². The molecule has 104 valence electrons. The zero-order chi connectivity index (χ0) is 14.2. The van der Waals surface area contributed by atoms with Gasteiger partial charge in [-0.2, -0.15) is 0 Å². The maximum absolute atomic E-state index is 12.6. The van der Waals surface area contributed by atoms with Crippen LogP contribution in [0.3, 0.4) is 0 Å². The van der Waals surface area contributed by atoms with Crippen LogP contribution in [0.25, 0.3) is 0 Å². The van der Waals surface area contributed by atoms with Gasteiger partial charge in [0.05, 0.1) is 12.2 Å². The van der Waals surface area contributed by atoms with E-state index < -0.39 is 0 Å². The van der Waals surface area contributed by atoms with Crippen LogP contribution < -0.4 is 0 Å². The Bertz CT molecular complexity index is 458. The van der Waals surface area contributed by atoms with Crippen molar-refractivity contribution in [1.82, 2.24) is 0 Å². The largest absolute Gasteiger partial charge is 0.375 e. The lowest BCUT2D eigenvalue weighted by Crippen LogP contribution is -2.28. The first kappa shape index (κ1) is 14.3. The van der Waals surface area contributed by atoms with Gasteiger partial charge in [0, 0.05) is 12.3 Å².